The Kier molecular flexibility index (Phi) is 5.78. The Morgan fingerprint density at radius 1 is 1.17 bits per heavy atom. The Morgan fingerprint density at radius 3 is 2.50 bits per heavy atom. The minimum atomic E-state index is -1.14. The van der Waals surface area contributed by atoms with E-state index in [4.69, 9.17) is 16.3 Å². The lowest BCUT2D eigenvalue weighted by atomic mass is 9.71. The normalized spacial score (nSPS) is 33.3. The minimum Gasteiger partial charge on any atom is -0.385 e. The van der Waals surface area contributed by atoms with Gasteiger partial charge in [0, 0.05) is 13.7 Å². The molecule has 0 heterocycles. The van der Waals surface area contributed by atoms with E-state index in [0.717, 1.165) is 49.8 Å². The van der Waals surface area contributed by atoms with E-state index in [-0.39, 0.29) is 5.92 Å². The maximum atomic E-state index is 15.0. The molecule has 0 N–H and O–H groups in total. The van der Waals surface area contributed by atoms with Gasteiger partial charge in [0.1, 0.15) is 11.0 Å². The van der Waals surface area contributed by atoms with Crippen LogP contribution in [0.15, 0.2) is 48.6 Å². The second-order valence-electron chi connectivity index (χ2n) is 7.05. The van der Waals surface area contributed by atoms with E-state index in [9.17, 15) is 4.39 Å². The van der Waals surface area contributed by atoms with Gasteiger partial charge in [0.05, 0.1) is 0 Å². The number of alkyl halides is 2. The van der Waals surface area contributed by atoms with E-state index in [1.165, 1.54) is 0 Å². The fraction of sp³-hybridized carbons (Fsp3) is 0.524. The average molecular weight is 349 g/mol. The standard InChI is InChI=1S/C21H26ClFO/c1-24-14-12-16-7-9-19(10-8-16)21(22)13-11-18(15-20(21)23)17-5-3-2-4-6-17/h2-6,11,13,15-16,19-20H,7-10,12,14H2,1H3. The number of hydrogen-bond acceptors (Lipinski definition) is 1. The van der Waals surface area contributed by atoms with Gasteiger partial charge in [-0.2, -0.15) is 0 Å². The number of halogens is 2. The third-order valence-corrected chi connectivity index (χ3v) is 6.22. The SMILES string of the molecule is COCCC1CCC(C2(Cl)C=CC(c3ccccc3)=CC2F)CC1. The van der Waals surface area contributed by atoms with E-state index < -0.39 is 11.0 Å². The number of hydrogen-bond donors (Lipinski definition) is 0. The van der Waals surface area contributed by atoms with Gasteiger partial charge < -0.3 is 4.74 Å². The minimum absolute atomic E-state index is 0.206. The summed E-state index contributed by atoms with van der Waals surface area (Å²) in [5, 5.41) is 0. The third-order valence-electron chi connectivity index (χ3n) is 5.58. The predicted molar refractivity (Wildman–Crippen MR) is 99.0 cm³/mol. The summed E-state index contributed by atoms with van der Waals surface area (Å²) in [6.07, 6.45) is 9.80. The van der Waals surface area contributed by atoms with Gasteiger partial charge in [0.15, 0.2) is 0 Å². The maximum absolute atomic E-state index is 15.0. The average Bonchev–Trinajstić information content (AvgIpc) is 2.63. The largest absolute Gasteiger partial charge is 0.385 e. The monoisotopic (exact) mass is 348 g/mol. The summed E-state index contributed by atoms with van der Waals surface area (Å²) >= 11 is 6.78. The van der Waals surface area contributed by atoms with Crippen molar-refractivity contribution in [3.8, 4) is 0 Å². The Hall–Kier alpha value is -1.12. The molecule has 3 rings (SSSR count). The van der Waals surface area contributed by atoms with Gasteiger partial charge >= 0.3 is 0 Å². The molecule has 2 atom stereocenters. The molecule has 0 bridgehead atoms. The van der Waals surface area contributed by atoms with Crippen LogP contribution < -0.4 is 0 Å². The van der Waals surface area contributed by atoms with Crippen molar-refractivity contribution in [3.63, 3.8) is 0 Å². The molecule has 3 heteroatoms. The highest BCUT2D eigenvalue weighted by Crippen LogP contribution is 2.46. The van der Waals surface area contributed by atoms with Gasteiger partial charge in [0.2, 0.25) is 0 Å². The Bertz CT molecular complexity index is 589. The summed E-state index contributed by atoms with van der Waals surface area (Å²) in [4.78, 5) is -0.884. The molecule has 0 aliphatic heterocycles. The molecule has 130 valence electrons. The van der Waals surface area contributed by atoms with Crippen LogP contribution in [0.4, 0.5) is 4.39 Å². The maximum Gasteiger partial charge on any atom is 0.142 e. The molecule has 2 aliphatic carbocycles. The zero-order valence-corrected chi connectivity index (χ0v) is 15.0. The first-order valence-corrected chi connectivity index (χ1v) is 9.29. The van der Waals surface area contributed by atoms with Crippen molar-refractivity contribution < 1.29 is 9.13 Å². The zero-order chi connectivity index (χ0) is 17.0. The lowest BCUT2D eigenvalue weighted by Gasteiger charge is -2.40. The van der Waals surface area contributed by atoms with Gasteiger partial charge in [-0.05, 0) is 48.3 Å². The van der Waals surface area contributed by atoms with Gasteiger partial charge in [-0.3, -0.25) is 0 Å². The predicted octanol–water partition coefficient (Wildman–Crippen LogP) is 5.80. The van der Waals surface area contributed by atoms with Crippen molar-refractivity contribution >= 4 is 17.2 Å². The molecule has 2 aliphatic rings. The molecule has 0 aromatic heterocycles. The van der Waals surface area contributed by atoms with Crippen LogP contribution in [0, 0.1) is 11.8 Å². The molecule has 1 aromatic carbocycles. The number of ether oxygens (including phenoxy) is 1. The van der Waals surface area contributed by atoms with Crippen LogP contribution in [0.5, 0.6) is 0 Å². The smallest absolute Gasteiger partial charge is 0.142 e. The molecule has 2 unspecified atom stereocenters. The number of methoxy groups -OCH3 is 1. The molecule has 0 radical (unpaired) electrons. The van der Waals surface area contributed by atoms with E-state index in [0.29, 0.717) is 5.92 Å². The molecule has 1 fully saturated rings. The first kappa shape index (κ1) is 17.7. The highest BCUT2D eigenvalue weighted by molar-refractivity contribution is 6.26. The van der Waals surface area contributed by atoms with Crippen molar-refractivity contribution in [2.45, 2.75) is 43.1 Å². The Balaban J connectivity index is 1.65. The van der Waals surface area contributed by atoms with E-state index in [1.54, 1.807) is 13.2 Å². The lowest BCUT2D eigenvalue weighted by molar-refractivity contribution is 0.142. The first-order valence-electron chi connectivity index (χ1n) is 8.92. The molecule has 1 nitrogen and oxygen atoms in total. The summed E-state index contributed by atoms with van der Waals surface area (Å²) in [7, 11) is 1.75. The van der Waals surface area contributed by atoms with Crippen LogP contribution in [-0.4, -0.2) is 24.8 Å². The highest BCUT2D eigenvalue weighted by atomic mass is 35.5. The van der Waals surface area contributed by atoms with Crippen molar-refractivity contribution in [1.82, 2.24) is 0 Å². The van der Waals surface area contributed by atoms with Crippen LogP contribution in [0.3, 0.4) is 0 Å². The fourth-order valence-electron chi connectivity index (χ4n) is 4.01. The van der Waals surface area contributed by atoms with Crippen LogP contribution in [0.25, 0.3) is 5.57 Å². The summed E-state index contributed by atoms with van der Waals surface area (Å²) in [5.41, 5.74) is 1.96. The number of benzene rings is 1. The van der Waals surface area contributed by atoms with Gasteiger partial charge in [-0.1, -0.05) is 55.3 Å². The van der Waals surface area contributed by atoms with Crippen molar-refractivity contribution in [3.05, 3.63) is 54.1 Å². The zero-order valence-electron chi connectivity index (χ0n) is 14.3. The van der Waals surface area contributed by atoms with Crippen LogP contribution in [-0.2, 0) is 4.74 Å². The molecular weight excluding hydrogens is 323 g/mol. The van der Waals surface area contributed by atoms with Crippen LogP contribution in [0.2, 0.25) is 0 Å². The summed E-state index contributed by atoms with van der Waals surface area (Å²) < 4.78 is 20.1. The Labute approximate surface area is 149 Å². The van der Waals surface area contributed by atoms with E-state index in [2.05, 4.69) is 0 Å². The van der Waals surface area contributed by atoms with E-state index >= 15 is 0 Å². The summed E-state index contributed by atoms with van der Waals surface area (Å²) in [6.45, 7) is 0.816. The van der Waals surface area contributed by atoms with Gasteiger partial charge in [-0.15, -0.1) is 11.6 Å². The number of rotatable bonds is 5. The second-order valence-corrected chi connectivity index (χ2v) is 7.70. The van der Waals surface area contributed by atoms with Crippen molar-refractivity contribution in [2.24, 2.45) is 11.8 Å². The lowest BCUT2D eigenvalue weighted by Crippen LogP contribution is -2.42. The van der Waals surface area contributed by atoms with Crippen molar-refractivity contribution in [1.29, 1.82) is 0 Å². The third kappa shape index (κ3) is 3.75. The molecule has 0 saturated heterocycles. The fourth-order valence-corrected chi connectivity index (χ4v) is 4.36. The molecule has 0 spiro atoms. The highest BCUT2D eigenvalue weighted by Gasteiger charge is 2.44. The van der Waals surface area contributed by atoms with Crippen LogP contribution in [0.1, 0.15) is 37.7 Å². The first-order chi connectivity index (χ1) is 11.6. The summed E-state index contributed by atoms with van der Waals surface area (Å²) in [5.74, 6) is 0.903. The number of allylic oxidation sites excluding steroid dienone is 4. The summed E-state index contributed by atoms with van der Waals surface area (Å²) in [6, 6.07) is 9.93. The molecule has 1 saturated carbocycles. The van der Waals surface area contributed by atoms with Crippen molar-refractivity contribution in [2.75, 3.05) is 13.7 Å². The molecule has 24 heavy (non-hydrogen) atoms. The van der Waals surface area contributed by atoms with Gasteiger partial charge in [0.25, 0.3) is 0 Å². The molecule has 0 amide bonds. The quantitative estimate of drug-likeness (QED) is 0.611. The second kappa shape index (κ2) is 7.84. The molecule has 1 aromatic rings. The molecular formula is C21H26ClFO. The topological polar surface area (TPSA) is 9.23 Å². The van der Waals surface area contributed by atoms with Crippen LogP contribution >= 0.6 is 11.6 Å². The Morgan fingerprint density at radius 2 is 1.88 bits per heavy atom. The van der Waals surface area contributed by atoms with E-state index in [1.807, 2.05) is 42.5 Å². The van der Waals surface area contributed by atoms with Gasteiger partial charge in [-0.25, -0.2) is 4.39 Å².